The summed E-state index contributed by atoms with van der Waals surface area (Å²) >= 11 is 0. The second kappa shape index (κ2) is 6.61. The van der Waals surface area contributed by atoms with E-state index in [1.807, 2.05) is 0 Å². The number of aromatic nitrogens is 2. The van der Waals surface area contributed by atoms with Gasteiger partial charge in [-0.25, -0.2) is 9.97 Å². The summed E-state index contributed by atoms with van der Waals surface area (Å²) in [7, 11) is 0. The average molecular weight is 263 g/mol. The molecule has 1 fully saturated rings. The van der Waals surface area contributed by atoms with Gasteiger partial charge in [-0.1, -0.05) is 0 Å². The van der Waals surface area contributed by atoms with Crippen LogP contribution in [0.15, 0.2) is 0 Å². The Kier molecular flexibility index (Phi) is 4.85. The van der Waals surface area contributed by atoms with E-state index in [0.717, 1.165) is 31.8 Å². The zero-order valence-electron chi connectivity index (χ0n) is 11.4. The summed E-state index contributed by atoms with van der Waals surface area (Å²) in [6.07, 6.45) is 6.06. The first-order valence-electron chi connectivity index (χ1n) is 6.93. The van der Waals surface area contributed by atoms with E-state index in [1.54, 1.807) is 6.92 Å². The van der Waals surface area contributed by atoms with E-state index in [4.69, 9.17) is 0 Å². The topological polar surface area (TPSA) is 75.1 Å². The van der Waals surface area contributed by atoms with Crippen LogP contribution in [0.3, 0.4) is 0 Å². The van der Waals surface area contributed by atoms with E-state index >= 15 is 0 Å². The minimum absolute atomic E-state index is 0.0999. The van der Waals surface area contributed by atoms with Crippen molar-refractivity contribution in [2.45, 2.75) is 39.0 Å². The molecule has 1 aromatic rings. The van der Waals surface area contributed by atoms with Crippen LogP contribution in [0.4, 0.5) is 0 Å². The number of carbonyl (C=O) groups is 1. The molecule has 19 heavy (non-hydrogen) atoms. The summed E-state index contributed by atoms with van der Waals surface area (Å²) in [5.74, 6) is 1.36. The van der Waals surface area contributed by atoms with Gasteiger partial charge in [0.25, 0.3) is 0 Å². The zero-order valence-corrected chi connectivity index (χ0v) is 11.4. The Hall–Kier alpha value is -1.49. The highest BCUT2D eigenvalue weighted by Gasteiger charge is 2.14. The summed E-state index contributed by atoms with van der Waals surface area (Å²) in [4.78, 5) is 19.1. The third-order valence-corrected chi connectivity index (χ3v) is 3.71. The fourth-order valence-electron chi connectivity index (χ4n) is 2.56. The molecule has 1 aliphatic rings. The van der Waals surface area contributed by atoms with E-state index in [9.17, 15) is 9.90 Å². The Morgan fingerprint density at radius 1 is 1.37 bits per heavy atom. The number of nitrogens with zero attached hydrogens (tertiary/aromatic N) is 2. The van der Waals surface area contributed by atoms with Crippen LogP contribution in [0, 0.1) is 12.8 Å². The van der Waals surface area contributed by atoms with Crippen LogP contribution >= 0.6 is 0 Å². The summed E-state index contributed by atoms with van der Waals surface area (Å²) in [5.41, 5.74) is 0.582. The van der Waals surface area contributed by atoms with Crippen molar-refractivity contribution in [1.82, 2.24) is 15.3 Å². The maximum absolute atomic E-state index is 10.8. The molecule has 0 radical (unpaired) electrons. The monoisotopic (exact) mass is 263 g/mol. The van der Waals surface area contributed by atoms with Crippen LogP contribution in [-0.4, -0.2) is 34.5 Å². The van der Waals surface area contributed by atoms with Crippen molar-refractivity contribution >= 4 is 6.29 Å². The van der Waals surface area contributed by atoms with Crippen LogP contribution in [-0.2, 0) is 6.42 Å². The molecule has 104 valence electrons. The highest BCUT2D eigenvalue weighted by molar-refractivity contribution is 5.76. The standard InChI is InChI=1S/C14H21N3O2/c1-10-14(19)12(9-18)17-13(16-10)4-2-3-11-5-7-15-8-6-11/h9,11,15,19H,2-8H2,1H3. The summed E-state index contributed by atoms with van der Waals surface area (Å²) in [6, 6.07) is 0. The molecule has 0 bridgehead atoms. The van der Waals surface area contributed by atoms with Crippen molar-refractivity contribution in [2.24, 2.45) is 5.92 Å². The van der Waals surface area contributed by atoms with Crippen molar-refractivity contribution in [3.63, 3.8) is 0 Å². The second-order valence-electron chi connectivity index (χ2n) is 5.16. The van der Waals surface area contributed by atoms with Crippen LogP contribution in [0.2, 0.25) is 0 Å². The number of aromatic hydroxyl groups is 1. The fraction of sp³-hybridized carbons (Fsp3) is 0.643. The maximum Gasteiger partial charge on any atom is 0.172 e. The highest BCUT2D eigenvalue weighted by atomic mass is 16.3. The van der Waals surface area contributed by atoms with E-state index in [0.29, 0.717) is 17.8 Å². The predicted molar refractivity (Wildman–Crippen MR) is 72.4 cm³/mol. The molecule has 1 aromatic heterocycles. The molecule has 1 saturated heterocycles. The summed E-state index contributed by atoms with van der Waals surface area (Å²) in [5, 5.41) is 12.9. The number of carbonyl (C=O) groups excluding carboxylic acids is 1. The minimum Gasteiger partial charge on any atom is -0.504 e. The van der Waals surface area contributed by atoms with E-state index < -0.39 is 0 Å². The molecule has 0 aromatic carbocycles. The van der Waals surface area contributed by atoms with Crippen molar-refractivity contribution in [3.05, 3.63) is 17.2 Å². The van der Waals surface area contributed by atoms with Crippen LogP contribution < -0.4 is 5.32 Å². The number of hydrogen-bond acceptors (Lipinski definition) is 5. The van der Waals surface area contributed by atoms with Crippen molar-refractivity contribution in [1.29, 1.82) is 0 Å². The molecular weight excluding hydrogens is 242 g/mol. The number of piperidine rings is 1. The molecule has 5 heteroatoms. The molecule has 0 unspecified atom stereocenters. The number of nitrogens with one attached hydrogen (secondary N) is 1. The normalized spacial score (nSPS) is 16.5. The van der Waals surface area contributed by atoms with Crippen molar-refractivity contribution < 1.29 is 9.90 Å². The predicted octanol–water partition coefficient (Wildman–Crippen LogP) is 1.63. The van der Waals surface area contributed by atoms with Gasteiger partial charge in [0.2, 0.25) is 0 Å². The van der Waals surface area contributed by atoms with E-state index in [-0.39, 0.29) is 11.4 Å². The van der Waals surface area contributed by atoms with Gasteiger partial charge in [-0.15, -0.1) is 0 Å². The quantitative estimate of drug-likeness (QED) is 0.790. The lowest BCUT2D eigenvalue weighted by atomic mass is 9.92. The van der Waals surface area contributed by atoms with Gasteiger partial charge in [-0.05, 0) is 51.6 Å². The van der Waals surface area contributed by atoms with E-state index in [2.05, 4.69) is 15.3 Å². The molecule has 0 spiro atoms. The number of hydrogen-bond donors (Lipinski definition) is 2. The molecule has 2 heterocycles. The number of rotatable bonds is 5. The lowest BCUT2D eigenvalue weighted by Crippen LogP contribution is -2.27. The molecule has 0 atom stereocenters. The highest BCUT2D eigenvalue weighted by Crippen LogP contribution is 2.20. The number of aryl methyl sites for hydroxylation is 2. The third kappa shape index (κ3) is 3.73. The van der Waals surface area contributed by atoms with Gasteiger partial charge in [0.15, 0.2) is 12.0 Å². The van der Waals surface area contributed by atoms with Crippen LogP contribution in [0.1, 0.15) is 47.7 Å². The third-order valence-electron chi connectivity index (χ3n) is 3.71. The van der Waals surface area contributed by atoms with Gasteiger partial charge in [-0.3, -0.25) is 4.79 Å². The Bertz CT molecular complexity index is 443. The first-order valence-corrected chi connectivity index (χ1v) is 6.93. The molecule has 2 N–H and O–H groups in total. The Labute approximate surface area is 113 Å². The minimum atomic E-state index is -0.0999. The summed E-state index contributed by atoms with van der Waals surface area (Å²) in [6.45, 7) is 3.93. The van der Waals surface area contributed by atoms with Gasteiger partial charge in [0.1, 0.15) is 11.5 Å². The fourth-order valence-corrected chi connectivity index (χ4v) is 2.56. The van der Waals surface area contributed by atoms with Gasteiger partial charge >= 0.3 is 0 Å². The first-order chi connectivity index (χ1) is 9.20. The Morgan fingerprint density at radius 2 is 2.11 bits per heavy atom. The molecule has 5 nitrogen and oxygen atoms in total. The molecule has 1 aliphatic heterocycles. The smallest absolute Gasteiger partial charge is 0.172 e. The maximum atomic E-state index is 10.8. The van der Waals surface area contributed by atoms with Crippen molar-refractivity contribution in [3.8, 4) is 5.75 Å². The van der Waals surface area contributed by atoms with Crippen LogP contribution in [0.5, 0.6) is 5.75 Å². The molecule has 0 aliphatic carbocycles. The lowest BCUT2D eigenvalue weighted by molar-refractivity contribution is 0.111. The Morgan fingerprint density at radius 3 is 2.79 bits per heavy atom. The lowest BCUT2D eigenvalue weighted by Gasteiger charge is -2.22. The zero-order chi connectivity index (χ0) is 13.7. The Balaban J connectivity index is 1.88. The van der Waals surface area contributed by atoms with E-state index in [1.165, 1.54) is 19.3 Å². The second-order valence-corrected chi connectivity index (χ2v) is 5.16. The van der Waals surface area contributed by atoms with Gasteiger partial charge < -0.3 is 10.4 Å². The SMILES string of the molecule is Cc1nc(CCCC2CCNCC2)nc(C=O)c1O. The largest absolute Gasteiger partial charge is 0.504 e. The van der Waals surface area contributed by atoms with Crippen molar-refractivity contribution in [2.75, 3.05) is 13.1 Å². The van der Waals surface area contributed by atoms with Gasteiger partial charge in [-0.2, -0.15) is 0 Å². The number of aldehydes is 1. The summed E-state index contributed by atoms with van der Waals surface area (Å²) < 4.78 is 0. The van der Waals surface area contributed by atoms with Gasteiger partial charge in [0, 0.05) is 6.42 Å². The molecule has 0 saturated carbocycles. The molecule has 2 rings (SSSR count). The van der Waals surface area contributed by atoms with Gasteiger partial charge in [0.05, 0.1) is 5.69 Å². The molecular formula is C14H21N3O2. The molecule has 0 amide bonds. The van der Waals surface area contributed by atoms with Crippen LogP contribution in [0.25, 0.3) is 0 Å². The average Bonchev–Trinajstić information content (AvgIpc) is 2.43. The first kappa shape index (κ1) is 13.9.